The van der Waals surface area contributed by atoms with Crippen molar-refractivity contribution >= 4 is 17.7 Å². The van der Waals surface area contributed by atoms with Gasteiger partial charge in [0.2, 0.25) is 0 Å². The summed E-state index contributed by atoms with van der Waals surface area (Å²) in [6.45, 7) is 1.03. The molecule has 0 saturated heterocycles. The standard InChI is InChI=1S/C18H26ClNO3/c1-20(18(22)23-17-10-8-16(19)9-11-17)13-15-6-4-14(5-7-15)3-2-12-21/h8-11,14-15,21H,2-7,12-13H2,1H3. The summed E-state index contributed by atoms with van der Waals surface area (Å²) in [5.41, 5.74) is 0. The summed E-state index contributed by atoms with van der Waals surface area (Å²) < 4.78 is 5.35. The quantitative estimate of drug-likeness (QED) is 0.838. The fraction of sp³-hybridized carbons (Fsp3) is 0.611. The van der Waals surface area contributed by atoms with E-state index in [1.165, 1.54) is 12.8 Å². The van der Waals surface area contributed by atoms with Crippen molar-refractivity contribution in [1.29, 1.82) is 0 Å². The fourth-order valence-corrected chi connectivity index (χ4v) is 3.35. The molecule has 1 aliphatic carbocycles. The van der Waals surface area contributed by atoms with Gasteiger partial charge in [-0.05, 0) is 61.8 Å². The molecule has 1 aromatic rings. The zero-order valence-electron chi connectivity index (χ0n) is 13.7. The van der Waals surface area contributed by atoms with Gasteiger partial charge in [-0.15, -0.1) is 0 Å². The molecule has 2 rings (SSSR count). The molecule has 1 fully saturated rings. The van der Waals surface area contributed by atoms with Gasteiger partial charge in [0.05, 0.1) is 0 Å². The number of nitrogens with zero attached hydrogens (tertiary/aromatic N) is 1. The van der Waals surface area contributed by atoms with Gasteiger partial charge in [0.15, 0.2) is 0 Å². The van der Waals surface area contributed by atoms with E-state index >= 15 is 0 Å². The Bertz CT molecular complexity index is 484. The predicted octanol–water partition coefficient (Wildman–Crippen LogP) is 4.35. The van der Waals surface area contributed by atoms with Crippen molar-refractivity contribution in [3.63, 3.8) is 0 Å². The molecular weight excluding hydrogens is 314 g/mol. The van der Waals surface area contributed by atoms with Crippen LogP contribution in [0.5, 0.6) is 5.75 Å². The number of hydrogen-bond donors (Lipinski definition) is 1. The van der Waals surface area contributed by atoms with E-state index in [9.17, 15) is 4.79 Å². The first-order valence-corrected chi connectivity index (χ1v) is 8.75. The van der Waals surface area contributed by atoms with Gasteiger partial charge in [-0.25, -0.2) is 4.79 Å². The van der Waals surface area contributed by atoms with E-state index in [0.717, 1.165) is 38.1 Å². The second-order valence-corrected chi connectivity index (χ2v) is 6.89. The number of benzene rings is 1. The van der Waals surface area contributed by atoms with Crippen molar-refractivity contribution in [2.45, 2.75) is 38.5 Å². The summed E-state index contributed by atoms with van der Waals surface area (Å²) in [5.74, 6) is 1.80. The Morgan fingerprint density at radius 3 is 2.43 bits per heavy atom. The molecular formula is C18H26ClNO3. The number of carbonyl (C=O) groups excluding carboxylic acids is 1. The average molecular weight is 340 g/mol. The summed E-state index contributed by atoms with van der Waals surface area (Å²) in [5, 5.41) is 9.52. The molecule has 0 bridgehead atoms. The van der Waals surface area contributed by atoms with Gasteiger partial charge < -0.3 is 14.7 Å². The van der Waals surface area contributed by atoms with Gasteiger partial charge in [-0.2, -0.15) is 0 Å². The summed E-state index contributed by atoms with van der Waals surface area (Å²) in [6, 6.07) is 6.80. The van der Waals surface area contributed by atoms with Crippen molar-refractivity contribution in [2.24, 2.45) is 11.8 Å². The van der Waals surface area contributed by atoms with E-state index in [-0.39, 0.29) is 6.09 Å². The highest BCUT2D eigenvalue weighted by atomic mass is 35.5. The van der Waals surface area contributed by atoms with Crippen LogP contribution in [0.1, 0.15) is 38.5 Å². The minimum absolute atomic E-state index is 0.291. The summed E-state index contributed by atoms with van der Waals surface area (Å²) in [4.78, 5) is 13.8. The Balaban J connectivity index is 1.73. The van der Waals surface area contributed by atoms with Crippen LogP contribution in [0.4, 0.5) is 4.79 Å². The number of aliphatic hydroxyl groups is 1. The molecule has 0 spiro atoms. The largest absolute Gasteiger partial charge is 0.414 e. The van der Waals surface area contributed by atoms with E-state index in [2.05, 4.69) is 0 Å². The molecule has 1 saturated carbocycles. The van der Waals surface area contributed by atoms with Gasteiger partial charge >= 0.3 is 6.09 Å². The van der Waals surface area contributed by atoms with Crippen molar-refractivity contribution in [1.82, 2.24) is 4.90 Å². The second kappa shape index (κ2) is 9.14. The van der Waals surface area contributed by atoms with Crippen LogP contribution in [0.3, 0.4) is 0 Å². The van der Waals surface area contributed by atoms with E-state index in [4.69, 9.17) is 21.4 Å². The normalized spacial score (nSPS) is 21.0. The van der Waals surface area contributed by atoms with Crippen LogP contribution in [0.2, 0.25) is 5.02 Å². The molecule has 1 aromatic carbocycles. The number of halogens is 1. The van der Waals surface area contributed by atoms with E-state index < -0.39 is 0 Å². The first kappa shape index (κ1) is 18.1. The lowest BCUT2D eigenvalue weighted by atomic mass is 9.80. The smallest absolute Gasteiger partial charge is 0.410 e. The minimum atomic E-state index is -0.324. The molecule has 5 heteroatoms. The Kier molecular flexibility index (Phi) is 7.18. The SMILES string of the molecule is CN(CC1CCC(CCCO)CC1)C(=O)Oc1ccc(Cl)cc1. The van der Waals surface area contributed by atoms with Crippen molar-refractivity contribution in [3.8, 4) is 5.75 Å². The van der Waals surface area contributed by atoms with E-state index in [1.54, 1.807) is 36.2 Å². The topological polar surface area (TPSA) is 49.8 Å². The fourth-order valence-electron chi connectivity index (χ4n) is 3.23. The predicted molar refractivity (Wildman–Crippen MR) is 91.9 cm³/mol. The highest BCUT2D eigenvalue weighted by molar-refractivity contribution is 6.30. The Morgan fingerprint density at radius 2 is 1.83 bits per heavy atom. The molecule has 1 amide bonds. The van der Waals surface area contributed by atoms with Gasteiger partial charge in [-0.3, -0.25) is 0 Å². The molecule has 1 N–H and O–H groups in total. The Labute approximate surface area is 143 Å². The lowest BCUT2D eigenvalue weighted by Crippen LogP contribution is -2.35. The van der Waals surface area contributed by atoms with Gasteiger partial charge in [0.25, 0.3) is 0 Å². The highest BCUT2D eigenvalue weighted by Gasteiger charge is 2.23. The number of hydrogen-bond acceptors (Lipinski definition) is 3. The lowest BCUT2D eigenvalue weighted by molar-refractivity contribution is 0.144. The van der Waals surface area contributed by atoms with Crippen LogP contribution in [-0.4, -0.2) is 36.3 Å². The van der Waals surface area contributed by atoms with Crippen LogP contribution in [-0.2, 0) is 0 Å². The third kappa shape index (κ3) is 6.04. The molecule has 0 aliphatic heterocycles. The number of rotatable bonds is 6. The third-order valence-electron chi connectivity index (χ3n) is 4.60. The van der Waals surface area contributed by atoms with Gasteiger partial charge in [0.1, 0.15) is 5.75 Å². The number of aliphatic hydroxyl groups excluding tert-OH is 1. The zero-order chi connectivity index (χ0) is 16.7. The molecule has 0 unspecified atom stereocenters. The van der Waals surface area contributed by atoms with E-state index in [0.29, 0.717) is 23.3 Å². The van der Waals surface area contributed by atoms with Crippen LogP contribution in [0.15, 0.2) is 24.3 Å². The highest BCUT2D eigenvalue weighted by Crippen LogP contribution is 2.32. The maximum Gasteiger partial charge on any atom is 0.414 e. The Morgan fingerprint density at radius 1 is 1.22 bits per heavy atom. The molecule has 4 nitrogen and oxygen atoms in total. The van der Waals surface area contributed by atoms with Crippen LogP contribution >= 0.6 is 11.6 Å². The maximum absolute atomic E-state index is 12.1. The number of carbonyl (C=O) groups is 1. The molecule has 0 aromatic heterocycles. The molecule has 0 heterocycles. The summed E-state index contributed by atoms with van der Waals surface area (Å²) >= 11 is 5.82. The first-order chi connectivity index (χ1) is 11.1. The molecule has 1 aliphatic rings. The van der Waals surface area contributed by atoms with Gasteiger partial charge in [-0.1, -0.05) is 24.4 Å². The third-order valence-corrected chi connectivity index (χ3v) is 4.85. The Hall–Kier alpha value is -1.26. The zero-order valence-corrected chi connectivity index (χ0v) is 14.5. The summed E-state index contributed by atoms with van der Waals surface area (Å²) in [7, 11) is 1.79. The minimum Gasteiger partial charge on any atom is -0.410 e. The van der Waals surface area contributed by atoms with Crippen molar-refractivity contribution < 1.29 is 14.6 Å². The second-order valence-electron chi connectivity index (χ2n) is 6.45. The molecule has 128 valence electrons. The number of amides is 1. The lowest BCUT2D eigenvalue weighted by Gasteiger charge is -2.31. The van der Waals surface area contributed by atoms with Gasteiger partial charge in [0, 0.05) is 25.2 Å². The molecule has 0 radical (unpaired) electrons. The van der Waals surface area contributed by atoms with Crippen LogP contribution in [0.25, 0.3) is 0 Å². The average Bonchev–Trinajstić information content (AvgIpc) is 2.56. The van der Waals surface area contributed by atoms with Crippen LogP contribution in [0, 0.1) is 11.8 Å². The summed E-state index contributed by atoms with van der Waals surface area (Å²) in [6.07, 6.45) is 6.40. The molecule has 23 heavy (non-hydrogen) atoms. The number of ether oxygens (including phenoxy) is 1. The van der Waals surface area contributed by atoms with Crippen LogP contribution < -0.4 is 4.74 Å². The van der Waals surface area contributed by atoms with Crippen molar-refractivity contribution in [3.05, 3.63) is 29.3 Å². The first-order valence-electron chi connectivity index (χ1n) is 8.38. The monoisotopic (exact) mass is 339 g/mol. The van der Waals surface area contributed by atoms with E-state index in [1.807, 2.05) is 0 Å². The maximum atomic E-state index is 12.1. The van der Waals surface area contributed by atoms with Crippen molar-refractivity contribution in [2.75, 3.05) is 20.2 Å². The molecule has 0 atom stereocenters.